The normalized spacial score (nSPS) is 11.9. The summed E-state index contributed by atoms with van der Waals surface area (Å²) in [6.45, 7) is 0. The minimum Gasteiger partial charge on any atom is -0.496 e. The van der Waals surface area contributed by atoms with Crippen LogP contribution in [0.1, 0.15) is 11.3 Å². The van der Waals surface area contributed by atoms with Crippen LogP contribution in [0.4, 0.5) is 5.82 Å². The molecule has 1 heterocycles. The van der Waals surface area contributed by atoms with Crippen LogP contribution in [0, 0.1) is 0 Å². The molecule has 19 heavy (non-hydrogen) atoms. The molecule has 0 bridgehead atoms. The quantitative estimate of drug-likeness (QED) is 0.465. The van der Waals surface area contributed by atoms with Gasteiger partial charge < -0.3 is 16.2 Å². The Morgan fingerprint density at radius 1 is 1.37 bits per heavy atom. The van der Waals surface area contributed by atoms with E-state index in [4.69, 9.17) is 16.2 Å². The van der Waals surface area contributed by atoms with Crippen molar-refractivity contribution >= 4 is 17.9 Å². The van der Waals surface area contributed by atoms with Crippen molar-refractivity contribution in [3.05, 3.63) is 35.5 Å². The van der Waals surface area contributed by atoms with Gasteiger partial charge in [0.15, 0.2) is 17.3 Å². The van der Waals surface area contributed by atoms with Gasteiger partial charge in [0.25, 0.3) is 0 Å². The Kier molecular flexibility index (Phi) is 3.72. The summed E-state index contributed by atoms with van der Waals surface area (Å²) in [5.74, 6) is 0.765. The second kappa shape index (κ2) is 5.63. The van der Waals surface area contributed by atoms with Crippen molar-refractivity contribution in [2.24, 2.45) is 15.9 Å². The van der Waals surface area contributed by atoms with Crippen molar-refractivity contribution in [1.29, 1.82) is 0 Å². The van der Waals surface area contributed by atoms with E-state index in [1.165, 1.54) is 6.21 Å². The van der Waals surface area contributed by atoms with Crippen LogP contribution in [0.5, 0.6) is 5.75 Å². The lowest BCUT2D eigenvalue weighted by Crippen LogP contribution is -2.15. The van der Waals surface area contributed by atoms with Gasteiger partial charge in [-0.25, -0.2) is 4.63 Å². The van der Waals surface area contributed by atoms with Crippen LogP contribution < -0.4 is 16.2 Å². The second-order valence-corrected chi connectivity index (χ2v) is 3.47. The molecule has 0 aliphatic rings. The van der Waals surface area contributed by atoms with Gasteiger partial charge in [-0.1, -0.05) is 12.1 Å². The fraction of sp³-hybridized carbons (Fsp3) is 0.0909. The molecule has 8 heteroatoms. The summed E-state index contributed by atoms with van der Waals surface area (Å²) in [5, 5.41) is 14.5. The molecule has 98 valence electrons. The minimum atomic E-state index is 0.0184. The second-order valence-electron chi connectivity index (χ2n) is 3.47. The van der Waals surface area contributed by atoms with Crippen molar-refractivity contribution in [3.63, 3.8) is 0 Å². The molecule has 4 N–H and O–H groups in total. The van der Waals surface area contributed by atoms with Crippen LogP contribution in [-0.2, 0) is 0 Å². The average Bonchev–Trinajstić information content (AvgIpc) is 2.85. The van der Waals surface area contributed by atoms with Gasteiger partial charge in [-0.15, -0.1) is 5.10 Å². The highest BCUT2D eigenvalue weighted by Crippen LogP contribution is 2.14. The van der Waals surface area contributed by atoms with E-state index in [0.717, 1.165) is 5.56 Å². The number of nitrogens with two attached hydrogens (primary N) is 2. The summed E-state index contributed by atoms with van der Waals surface area (Å²) in [7, 11) is 1.58. The summed E-state index contributed by atoms with van der Waals surface area (Å²) in [4.78, 5) is 0. The molecule has 2 rings (SSSR count). The molecule has 1 aromatic carbocycles. The molecule has 0 unspecified atom stereocenters. The predicted molar refractivity (Wildman–Crippen MR) is 70.0 cm³/mol. The molecular formula is C11H12N6O2. The summed E-state index contributed by atoms with van der Waals surface area (Å²) in [6, 6.07) is 7.36. The average molecular weight is 260 g/mol. The molecule has 0 atom stereocenters. The lowest BCUT2D eigenvalue weighted by atomic mass is 10.2. The Labute approximate surface area is 108 Å². The Morgan fingerprint density at radius 3 is 2.84 bits per heavy atom. The number of nitrogen functional groups attached to an aromatic ring is 1. The van der Waals surface area contributed by atoms with E-state index < -0.39 is 0 Å². The number of ether oxygens (including phenoxy) is 1. The van der Waals surface area contributed by atoms with E-state index in [0.29, 0.717) is 5.75 Å². The van der Waals surface area contributed by atoms with Crippen LogP contribution in [0.15, 0.2) is 39.1 Å². The van der Waals surface area contributed by atoms with Gasteiger partial charge in [-0.05, 0) is 22.4 Å². The summed E-state index contributed by atoms with van der Waals surface area (Å²) in [5.41, 5.74) is 12.0. The smallest absolute Gasteiger partial charge is 0.199 e. The van der Waals surface area contributed by atoms with Crippen molar-refractivity contribution in [1.82, 2.24) is 10.3 Å². The number of para-hydroxylation sites is 1. The molecule has 0 aliphatic carbocycles. The zero-order valence-corrected chi connectivity index (χ0v) is 10.1. The highest BCUT2D eigenvalue weighted by molar-refractivity contribution is 5.99. The van der Waals surface area contributed by atoms with Gasteiger partial charge in [0.1, 0.15) is 5.75 Å². The SMILES string of the molecule is COc1ccccc1C=N/N=C(\N)c1nonc1N. The number of nitrogens with zero attached hydrogens (tertiary/aromatic N) is 4. The van der Waals surface area contributed by atoms with Crippen molar-refractivity contribution in [3.8, 4) is 5.75 Å². The maximum absolute atomic E-state index is 5.64. The first kappa shape index (κ1) is 12.6. The maximum Gasteiger partial charge on any atom is 0.199 e. The summed E-state index contributed by atoms with van der Waals surface area (Å²) in [6.07, 6.45) is 1.51. The largest absolute Gasteiger partial charge is 0.496 e. The zero-order valence-electron chi connectivity index (χ0n) is 10.1. The van der Waals surface area contributed by atoms with Crippen LogP contribution in [0.2, 0.25) is 0 Å². The van der Waals surface area contributed by atoms with Gasteiger partial charge in [0.2, 0.25) is 0 Å². The Morgan fingerprint density at radius 2 is 2.16 bits per heavy atom. The monoisotopic (exact) mass is 260 g/mol. The van der Waals surface area contributed by atoms with Crippen LogP contribution in [0.3, 0.4) is 0 Å². The summed E-state index contributed by atoms with van der Waals surface area (Å²) < 4.78 is 9.58. The van der Waals surface area contributed by atoms with Crippen LogP contribution >= 0.6 is 0 Å². The molecule has 0 spiro atoms. The fourth-order valence-electron chi connectivity index (χ4n) is 1.35. The Hall–Kier alpha value is -2.90. The molecule has 0 saturated heterocycles. The first-order chi connectivity index (χ1) is 9.22. The van der Waals surface area contributed by atoms with Crippen molar-refractivity contribution < 1.29 is 9.37 Å². The highest BCUT2D eigenvalue weighted by Gasteiger charge is 2.09. The number of aromatic nitrogens is 2. The predicted octanol–water partition coefficient (Wildman–Crippen LogP) is 0.400. The number of benzene rings is 1. The number of methoxy groups -OCH3 is 1. The van der Waals surface area contributed by atoms with Crippen LogP contribution in [-0.4, -0.2) is 29.5 Å². The minimum absolute atomic E-state index is 0.0184. The fourth-order valence-corrected chi connectivity index (χ4v) is 1.35. The van der Waals surface area contributed by atoms with Gasteiger partial charge in [0.05, 0.1) is 13.3 Å². The van der Waals surface area contributed by atoms with Gasteiger partial charge in [-0.3, -0.25) is 0 Å². The number of rotatable bonds is 4. The number of amidine groups is 1. The number of anilines is 1. The molecule has 0 amide bonds. The van der Waals surface area contributed by atoms with Gasteiger partial charge in [-0.2, -0.15) is 5.10 Å². The first-order valence-corrected chi connectivity index (χ1v) is 5.30. The molecule has 8 nitrogen and oxygen atoms in total. The lowest BCUT2D eigenvalue weighted by Gasteiger charge is -2.01. The number of hydrogen-bond acceptors (Lipinski definition) is 7. The van der Waals surface area contributed by atoms with E-state index in [1.807, 2.05) is 24.3 Å². The van der Waals surface area contributed by atoms with Gasteiger partial charge >= 0.3 is 0 Å². The summed E-state index contributed by atoms with van der Waals surface area (Å²) >= 11 is 0. The topological polar surface area (TPSA) is 125 Å². The third-order valence-corrected chi connectivity index (χ3v) is 2.26. The molecule has 0 radical (unpaired) electrons. The lowest BCUT2D eigenvalue weighted by molar-refractivity contribution is 0.308. The standard InChI is InChI=1S/C11H12N6O2/c1-18-8-5-3-2-4-7(8)6-14-15-10(12)9-11(13)17-19-16-9/h2-6H,1H3,(H2,12,15)(H2,13,17). The van der Waals surface area contributed by atoms with E-state index in [9.17, 15) is 0 Å². The molecule has 2 aromatic rings. The third kappa shape index (κ3) is 2.86. The molecule has 0 aliphatic heterocycles. The highest BCUT2D eigenvalue weighted by atomic mass is 16.6. The van der Waals surface area contributed by atoms with Crippen molar-refractivity contribution in [2.75, 3.05) is 12.8 Å². The maximum atomic E-state index is 5.64. The molecule has 0 saturated carbocycles. The molecular weight excluding hydrogens is 248 g/mol. The van der Waals surface area contributed by atoms with E-state index in [1.54, 1.807) is 7.11 Å². The Balaban J connectivity index is 2.17. The molecule has 1 aromatic heterocycles. The first-order valence-electron chi connectivity index (χ1n) is 5.30. The molecule has 0 fully saturated rings. The van der Waals surface area contributed by atoms with E-state index >= 15 is 0 Å². The van der Waals surface area contributed by atoms with Gasteiger partial charge in [0, 0.05) is 5.56 Å². The zero-order chi connectivity index (χ0) is 13.7. The third-order valence-electron chi connectivity index (χ3n) is 2.26. The van der Waals surface area contributed by atoms with Crippen molar-refractivity contribution in [2.45, 2.75) is 0 Å². The Bertz CT molecular complexity index is 619. The number of hydrogen-bond donors (Lipinski definition) is 2. The van der Waals surface area contributed by atoms with E-state index in [-0.39, 0.29) is 17.3 Å². The van der Waals surface area contributed by atoms with Crippen LogP contribution in [0.25, 0.3) is 0 Å². The van der Waals surface area contributed by atoms with E-state index in [2.05, 4.69) is 25.1 Å².